The van der Waals surface area contributed by atoms with Crippen LogP contribution in [-0.2, 0) is 16.1 Å². The first-order valence-electron chi connectivity index (χ1n) is 8.28. The largest absolute Gasteiger partial charge is 0.465 e. The number of nitrogens with one attached hydrogen (secondary N) is 1. The number of carbonyl (C=O) groups excluding carboxylic acids is 2. The van der Waals surface area contributed by atoms with Crippen LogP contribution in [0.4, 0.5) is 0 Å². The second kappa shape index (κ2) is 8.07. The first-order valence-corrected chi connectivity index (χ1v) is 8.28. The molecule has 1 N–H and O–H groups in total. The van der Waals surface area contributed by atoms with Crippen LogP contribution in [0.15, 0.2) is 24.3 Å². The molecule has 25 heavy (non-hydrogen) atoms. The first kappa shape index (κ1) is 18.9. The summed E-state index contributed by atoms with van der Waals surface area (Å²) < 4.78 is 4.95. The summed E-state index contributed by atoms with van der Waals surface area (Å²) in [5.74, 6) is -0.472. The molecule has 0 bridgehead atoms. The van der Waals surface area contributed by atoms with Crippen LogP contribution >= 0.6 is 0 Å². The van der Waals surface area contributed by atoms with Crippen molar-refractivity contribution in [2.24, 2.45) is 0 Å². The van der Waals surface area contributed by atoms with Gasteiger partial charge in [0.25, 0.3) is 0 Å². The van der Waals surface area contributed by atoms with Crippen molar-refractivity contribution < 1.29 is 14.3 Å². The number of hydrogen-bond donors (Lipinski definition) is 1. The molecule has 0 saturated carbocycles. The van der Waals surface area contributed by atoms with Crippen LogP contribution < -0.4 is 5.32 Å². The molecule has 0 aliphatic rings. The van der Waals surface area contributed by atoms with Gasteiger partial charge in [-0.25, -0.2) is 4.79 Å². The van der Waals surface area contributed by atoms with Crippen molar-refractivity contribution in [3.05, 3.63) is 41.1 Å². The number of aromatic nitrogens is 1. The number of benzene rings is 1. The summed E-state index contributed by atoms with van der Waals surface area (Å²) in [7, 11) is 3.19. The Bertz CT molecular complexity index is 787. The molecule has 1 aromatic carbocycles. The van der Waals surface area contributed by atoms with E-state index in [4.69, 9.17) is 4.74 Å². The molecule has 0 spiro atoms. The van der Waals surface area contributed by atoms with Crippen LogP contribution in [0.25, 0.3) is 10.9 Å². The summed E-state index contributed by atoms with van der Waals surface area (Å²) >= 11 is 0. The Morgan fingerprint density at radius 1 is 1.28 bits per heavy atom. The van der Waals surface area contributed by atoms with Gasteiger partial charge < -0.3 is 10.1 Å². The molecule has 0 atom stereocenters. The van der Waals surface area contributed by atoms with E-state index in [9.17, 15) is 9.59 Å². The normalized spacial score (nSPS) is 11.2. The zero-order valence-corrected chi connectivity index (χ0v) is 15.4. The molecule has 2 rings (SSSR count). The van der Waals surface area contributed by atoms with Crippen molar-refractivity contribution in [1.82, 2.24) is 15.2 Å². The Balaban J connectivity index is 2.35. The highest BCUT2D eigenvalue weighted by Crippen LogP contribution is 2.24. The Morgan fingerprint density at radius 3 is 2.60 bits per heavy atom. The smallest absolute Gasteiger partial charge is 0.340 e. The number of amides is 1. The third kappa shape index (κ3) is 4.54. The van der Waals surface area contributed by atoms with Gasteiger partial charge in [0.05, 0.1) is 30.4 Å². The number of rotatable bonds is 6. The van der Waals surface area contributed by atoms with E-state index in [0.717, 1.165) is 16.5 Å². The number of fused-ring (bicyclic) bond motifs is 1. The second-order valence-electron chi connectivity index (χ2n) is 6.46. The fourth-order valence-corrected chi connectivity index (χ4v) is 2.85. The van der Waals surface area contributed by atoms with Gasteiger partial charge in [-0.1, -0.05) is 18.2 Å². The lowest BCUT2D eigenvalue weighted by atomic mass is 10.0. The molecule has 0 aliphatic carbocycles. The average molecular weight is 343 g/mol. The van der Waals surface area contributed by atoms with Gasteiger partial charge in [-0.15, -0.1) is 0 Å². The number of ether oxygens (including phenoxy) is 1. The predicted molar refractivity (Wildman–Crippen MR) is 97.4 cm³/mol. The lowest BCUT2D eigenvalue weighted by molar-refractivity contribution is -0.122. The van der Waals surface area contributed by atoms with E-state index >= 15 is 0 Å². The SMILES string of the molecule is COC(=O)c1c(CN(C)CC(=O)NC(C)C)nc2ccccc2c1C. The van der Waals surface area contributed by atoms with Gasteiger partial charge in [0.2, 0.25) is 5.91 Å². The van der Waals surface area contributed by atoms with Crippen molar-refractivity contribution in [1.29, 1.82) is 0 Å². The van der Waals surface area contributed by atoms with Crippen LogP contribution in [0.5, 0.6) is 0 Å². The Kier molecular flexibility index (Phi) is 6.09. The van der Waals surface area contributed by atoms with E-state index < -0.39 is 5.97 Å². The Labute approximate surface area is 148 Å². The molecule has 0 fully saturated rings. The topological polar surface area (TPSA) is 71.5 Å². The lowest BCUT2D eigenvalue weighted by Gasteiger charge is -2.20. The average Bonchev–Trinajstić information content (AvgIpc) is 2.53. The second-order valence-corrected chi connectivity index (χ2v) is 6.46. The number of likely N-dealkylation sites (N-methyl/N-ethyl adjacent to an activating group) is 1. The third-order valence-corrected chi connectivity index (χ3v) is 3.90. The monoisotopic (exact) mass is 343 g/mol. The number of nitrogens with zero attached hydrogens (tertiary/aromatic N) is 2. The van der Waals surface area contributed by atoms with Gasteiger partial charge in [-0.3, -0.25) is 14.7 Å². The van der Waals surface area contributed by atoms with Crippen molar-refractivity contribution in [3.63, 3.8) is 0 Å². The van der Waals surface area contributed by atoms with Crippen LogP contribution in [-0.4, -0.2) is 48.5 Å². The van der Waals surface area contributed by atoms with Gasteiger partial charge in [-0.2, -0.15) is 0 Å². The van der Waals surface area contributed by atoms with Gasteiger partial charge in [-0.05, 0) is 39.4 Å². The molecule has 0 aliphatic heterocycles. The molecule has 134 valence electrons. The van der Waals surface area contributed by atoms with E-state index in [-0.39, 0.29) is 18.5 Å². The van der Waals surface area contributed by atoms with E-state index in [0.29, 0.717) is 17.8 Å². The quantitative estimate of drug-likeness (QED) is 0.815. The fraction of sp³-hybridized carbons (Fsp3) is 0.421. The zero-order chi connectivity index (χ0) is 18.6. The third-order valence-electron chi connectivity index (χ3n) is 3.90. The molecular formula is C19H25N3O3. The maximum absolute atomic E-state index is 12.3. The Hall–Kier alpha value is -2.47. The van der Waals surface area contributed by atoms with Crippen molar-refractivity contribution >= 4 is 22.8 Å². The first-order chi connectivity index (χ1) is 11.8. The van der Waals surface area contributed by atoms with E-state index in [1.54, 1.807) is 0 Å². The number of methoxy groups -OCH3 is 1. The van der Waals surface area contributed by atoms with Gasteiger partial charge >= 0.3 is 5.97 Å². The van der Waals surface area contributed by atoms with E-state index in [1.165, 1.54) is 7.11 Å². The molecular weight excluding hydrogens is 318 g/mol. The standard InChI is InChI=1S/C19H25N3O3/c1-12(2)20-17(23)11-22(4)10-16-18(19(24)25-5)13(3)14-8-6-7-9-15(14)21-16/h6-9,12H,10-11H2,1-5H3,(H,20,23). The predicted octanol–water partition coefficient (Wildman–Crippen LogP) is 2.29. The number of pyridine rings is 1. The molecule has 2 aromatic rings. The summed E-state index contributed by atoms with van der Waals surface area (Å²) in [6.07, 6.45) is 0. The number of aryl methyl sites for hydroxylation is 1. The minimum Gasteiger partial charge on any atom is -0.465 e. The molecule has 6 heteroatoms. The van der Waals surface area contributed by atoms with Crippen LogP contribution in [0.3, 0.4) is 0 Å². The van der Waals surface area contributed by atoms with Crippen molar-refractivity contribution in [3.8, 4) is 0 Å². The molecule has 0 saturated heterocycles. The van der Waals surface area contributed by atoms with Gasteiger partial charge in [0.1, 0.15) is 0 Å². The number of esters is 1. The molecule has 1 amide bonds. The minimum absolute atomic E-state index is 0.0605. The summed E-state index contributed by atoms with van der Waals surface area (Å²) in [6.45, 7) is 6.34. The maximum Gasteiger partial charge on any atom is 0.340 e. The lowest BCUT2D eigenvalue weighted by Crippen LogP contribution is -2.38. The summed E-state index contributed by atoms with van der Waals surface area (Å²) in [5, 5.41) is 3.78. The minimum atomic E-state index is -0.411. The van der Waals surface area contributed by atoms with E-state index in [1.807, 2.05) is 57.0 Å². The van der Waals surface area contributed by atoms with Crippen LogP contribution in [0, 0.1) is 6.92 Å². The highest BCUT2D eigenvalue weighted by Gasteiger charge is 2.21. The molecule has 0 radical (unpaired) electrons. The molecule has 1 heterocycles. The number of carbonyl (C=O) groups is 2. The van der Waals surface area contributed by atoms with Crippen molar-refractivity contribution in [2.75, 3.05) is 20.7 Å². The molecule has 1 aromatic heterocycles. The van der Waals surface area contributed by atoms with Crippen molar-refractivity contribution in [2.45, 2.75) is 33.4 Å². The van der Waals surface area contributed by atoms with Gasteiger partial charge in [0.15, 0.2) is 0 Å². The molecule has 0 unspecified atom stereocenters. The Morgan fingerprint density at radius 2 is 1.96 bits per heavy atom. The summed E-state index contributed by atoms with van der Waals surface area (Å²) in [6, 6.07) is 7.77. The number of para-hydroxylation sites is 1. The van der Waals surface area contributed by atoms with Crippen LogP contribution in [0.2, 0.25) is 0 Å². The maximum atomic E-state index is 12.3. The van der Waals surface area contributed by atoms with Crippen LogP contribution in [0.1, 0.15) is 35.5 Å². The highest BCUT2D eigenvalue weighted by atomic mass is 16.5. The summed E-state index contributed by atoms with van der Waals surface area (Å²) in [5.41, 5.74) is 2.75. The van der Waals surface area contributed by atoms with E-state index in [2.05, 4.69) is 10.3 Å². The fourth-order valence-electron chi connectivity index (χ4n) is 2.85. The molecule has 6 nitrogen and oxygen atoms in total. The highest BCUT2D eigenvalue weighted by molar-refractivity contribution is 5.98. The number of hydrogen-bond acceptors (Lipinski definition) is 5. The van der Waals surface area contributed by atoms with Gasteiger partial charge in [0, 0.05) is 18.0 Å². The zero-order valence-electron chi connectivity index (χ0n) is 15.4. The summed E-state index contributed by atoms with van der Waals surface area (Å²) in [4.78, 5) is 30.7.